The number of aromatic nitrogens is 2. The van der Waals surface area contributed by atoms with E-state index >= 15 is 0 Å². The molecule has 2 aromatic rings. The van der Waals surface area contributed by atoms with Gasteiger partial charge in [-0.2, -0.15) is 0 Å². The van der Waals surface area contributed by atoms with Crippen molar-refractivity contribution in [1.29, 1.82) is 0 Å². The number of hydrogen-bond donors (Lipinski definition) is 1. The highest BCUT2D eigenvalue weighted by Crippen LogP contribution is 2.35. The van der Waals surface area contributed by atoms with Gasteiger partial charge in [-0.15, -0.1) is 0 Å². The first-order chi connectivity index (χ1) is 10.2. The number of methoxy groups -OCH3 is 1. The SMILES string of the molecule is CCNCc1cc(Cl)cc(OC)c1OCc1nccn1C. The molecule has 1 heterocycles. The van der Waals surface area contributed by atoms with Gasteiger partial charge in [-0.25, -0.2) is 4.98 Å². The zero-order valence-corrected chi connectivity index (χ0v) is 13.3. The molecule has 1 aromatic heterocycles. The molecule has 0 unspecified atom stereocenters. The van der Waals surface area contributed by atoms with Crippen molar-refractivity contribution in [3.63, 3.8) is 0 Å². The minimum Gasteiger partial charge on any atom is -0.493 e. The molecule has 0 fully saturated rings. The Labute approximate surface area is 129 Å². The molecular formula is C15H20ClN3O2. The second kappa shape index (κ2) is 7.33. The summed E-state index contributed by atoms with van der Waals surface area (Å²) in [7, 11) is 3.54. The van der Waals surface area contributed by atoms with E-state index in [-0.39, 0.29) is 0 Å². The Morgan fingerprint density at radius 1 is 1.38 bits per heavy atom. The van der Waals surface area contributed by atoms with Crippen molar-refractivity contribution in [1.82, 2.24) is 14.9 Å². The van der Waals surface area contributed by atoms with E-state index in [0.29, 0.717) is 29.7 Å². The summed E-state index contributed by atoms with van der Waals surface area (Å²) in [6, 6.07) is 3.64. The fourth-order valence-corrected chi connectivity index (χ4v) is 2.23. The van der Waals surface area contributed by atoms with Crippen molar-refractivity contribution in [2.75, 3.05) is 13.7 Å². The standard InChI is InChI=1S/C15H20ClN3O2/c1-4-17-9-11-7-12(16)8-13(20-3)15(11)21-10-14-18-5-6-19(14)2/h5-8,17H,4,9-10H2,1-3H3. The first kappa shape index (κ1) is 15.7. The number of rotatable bonds is 7. The van der Waals surface area contributed by atoms with Crippen LogP contribution in [0.25, 0.3) is 0 Å². The van der Waals surface area contributed by atoms with Crippen LogP contribution in [0.5, 0.6) is 11.5 Å². The number of ether oxygens (including phenoxy) is 2. The van der Waals surface area contributed by atoms with Crippen LogP contribution in [0.15, 0.2) is 24.5 Å². The van der Waals surface area contributed by atoms with Gasteiger partial charge in [0.25, 0.3) is 0 Å². The smallest absolute Gasteiger partial charge is 0.166 e. The Kier molecular flexibility index (Phi) is 5.47. The van der Waals surface area contributed by atoms with E-state index in [1.165, 1.54) is 0 Å². The second-order valence-electron chi connectivity index (χ2n) is 4.62. The van der Waals surface area contributed by atoms with Crippen LogP contribution in [0.4, 0.5) is 0 Å². The Bertz CT molecular complexity index is 599. The summed E-state index contributed by atoms with van der Waals surface area (Å²) < 4.78 is 13.2. The van der Waals surface area contributed by atoms with Crippen LogP contribution in [0.1, 0.15) is 18.3 Å². The van der Waals surface area contributed by atoms with Crippen molar-refractivity contribution < 1.29 is 9.47 Å². The van der Waals surface area contributed by atoms with Crippen LogP contribution in [0.2, 0.25) is 5.02 Å². The average Bonchev–Trinajstić information content (AvgIpc) is 2.88. The number of nitrogens with zero attached hydrogens (tertiary/aromatic N) is 2. The van der Waals surface area contributed by atoms with E-state index in [9.17, 15) is 0 Å². The monoisotopic (exact) mass is 309 g/mol. The summed E-state index contributed by atoms with van der Waals surface area (Å²) in [5, 5.41) is 3.90. The van der Waals surface area contributed by atoms with E-state index in [4.69, 9.17) is 21.1 Å². The van der Waals surface area contributed by atoms with E-state index in [2.05, 4.69) is 17.2 Å². The number of imidazole rings is 1. The maximum absolute atomic E-state index is 6.12. The Morgan fingerprint density at radius 3 is 2.81 bits per heavy atom. The van der Waals surface area contributed by atoms with Gasteiger partial charge in [-0.05, 0) is 12.6 Å². The molecule has 1 N–H and O–H groups in total. The number of nitrogens with one attached hydrogen (secondary N) is 1. The molecule has 0 radical (unpaired) electrons. The lowest BCUT2D eigenvalue weighted by atomic mass is 10.2. The van der Waals surface area contributed by atoms with Crippen LogP contribution < -0.4 is 14.8 Å². The number of halogens is 1. The molecule has 21 heavy (non-hydrogen) atoms. The molecule has 1 aromatic carbocycles. The van der Waals surface area contributed by atoms with E-state index in [0.717, 1.165) is 17.9 Å². The van der Waals surface area contributed by atoms with Gasteiger partial charge in [0.15, 0.2) is 11.5 Å². The highest BCUT2D eigenvalue weighted by atomic mass is 35.5. The predicted molar refractivity (Wildman–Crippen MR) is 82.9 cm³/mol. The van der Waals surface area contributed by atoms with Crippen molar-refractivity contribution in [3.05, 3.63) is 40.9 Å². The third-order valence-corrected chi connectivity index (χ3v) is 3.37. The maximum atomic E-state index is 6.12. The molecule has 0 amide bonds. The molecule has 0 aliphatic rings. The van der Waals surface area contributed by atoms with Gasteiger partial charge in [0.1, 0.15) is 12.4 Å². The zero-order valence-electron chi connectivity index (χ0n) is 12.5. The molecule has 0 saturated carbocycles. The first-order valence-electron chi connectivity index (χ1n) is 6.81. The lowest BCUT2D eigenvalue weighted by Crippen LogP contribution is -2.14. The normalized spacial score (nSPS) is 10.7. The van der Waals surface area contributed by atoms with Crippen molar-refractivity contribution in [2.24, 2.45) is 7.05 Å². The molecule has 0 spiro atoms. The van der Waals surface area contributed by atoms with Crippen molar-refractivity contribution >= 4 is 11.6 Å². The quantitative estimate of drug-likeness (QED) is 0.854. The number of aryl methyl sites for hydroxylation is 1. The molecule has 114 valence electrons. The van der Waals surface area contributed by atoms with Crippen LogP contribution in [-0.4, -0.2) is 23.2 Å². The van der Waals surface area contributed by atoms with E-state index in [1.807, 2.05) is 23.9 Å². The van der Waals surface area contributed by atoms with Gasteiger partial charge >= 0.3 is 0 Å². The van der Waals surface area contributed by atoms with Crippen molar-refractivity contribution in [2.45, 2.75) is 20.1 Å². The lowest BCUT2D eigenvalue weighted by Gasteiger charge is -2.16. The molecule has 0 atom stereocenters. The van der Waals surface area contributed by atoms with Gasteiger partial charge in [0, 0.05) is 42.6 Å². The minimum absolute atomic E-state index is 0.376. The highest BCUT2D eigenvalue weighted by Gasteiger charge is 2.13. The number of hydrogen-bond acceptors (Lipinski definition) is 4. The van der Waals surface area contributed by atoms with Gasteiger partial charge in [0.2, 0.25) is 0 Å². The van der Waals surface area contributed by atoms with Gasteiger partial charge in [-0.1, -0.05) is 18.5 Å². The van der Waals surface area contributed by atoms with Gasteiger partial charge in [0.05, 0.1) is 7.11 Å². The second-order valence-corrected chi connectivity index (χ2v) is 5.06. The molecule has 6 heteroatoms. The van der Waals surface area contributed by atoms with Crippen LogP contribution in [0.3, 0.4) is 0 Å². The summed E-state index contributed by atoms with van der Waals surface area (Å²) in [5.74, 6) is 2.18. The fraction of sp³-hybridized carbons (Fsp3) is 0.400. The fourth-order valence-electron chi connectivity index (χ4n) is 2.00. The summed E-state index contributed by atoms with van der Waals surface area (Å²) in [6.07, 6.45) is 3.63. The summed E-state index contributed by atoms with van der Waals surface area (Å²) in [6.45, 7) is 3.97. The predicted octanol–water partition coefficient (Wildman–Crippen LogP) is 2.77. The molecule has 2 rings (SSSR count). The topological polar surface area (TPSA) is 48.3 Å². The van der Waals surface area contributed by atoms with Crippen LogP contribution in [-0.2, 0) is 20.2 Å². The number of benzene rings is 1. The van der Waals surface area contributed by atoms with Crippen LogP contribution in [0, 0.1) is 0 Å². The first-order valence-corrected chi connectivity index (χ1v) is 7.19. The van der Waals surface area contributed by atoms with Gasteiger partial charge in [-0.3, -0.25) is 0 Å². The Balaban J connectivity index is 2.24. The Morgan fingerprint density at radius 2 is 2.19 bits per heavy atom. The third kappa shape index (κ3) is 3.89. The largest absolute Gasteiger partial charge is 0.493 e. The van der Waals surface area contributed by atoms with Crippen molar-refractivity contribution in [3.8, 4) is 11.5 Å². The summed E-state index contributed by atoms with van der Waals surface area (Å²) in [5.41, 5.74) is 0.968. The minimum atomic E-state index is 0.376. The Hall–Kier alpha value is -1.72. The molecule has 0 bridgehead atoms. The molecule has 0 aliphatic carbocycles. The third-order valence-electron chi connectivity index (χ3n) is 3.15. The lowest BCUT2D eigenvalue weighted by molar-refractivity contribution is 0.269. The van der Waals surface area contributed by atoms with Gasteiger partial charge < -0.3 is 19.4 Å². The molecule has 0 aliphatic heterocycles. The average molecular weight is 310 g/mol. The zero-order chi connectivity index (χ0) is 15.2. The summed E-state index contributed by atoms with van der Waals surface area (Å²) >= 11 is 6.12. The van der Waals surface area contributed by atoms with E-state index in [1.54, 1.807) is 19.4 Å². The highest BCUT2D eigenvalue weighted by molar-refractivity contribution is 6.30. The maximum Gasteiger partial charge on any atom is 0.166 e. The molecule has 5 nitrogen and oxygen atoms in total. The van der Waals surface area contributed by atoms with Crippen LogP contribution >= 0.6 is 11.6 Å². The summed E-state index contributed by atoms with van der Waals surface area (Å²) in [4.78, 5) is 4.25. The molecule has 0 saturated heterocycles. The molecular weight excluding hydrogens is 290 g/mol. The van der Waals surface area contributed by atoms with E-state index < -0.39 is 0 Å².